The van der Waals surface area contributed by atoms with E-state index in [1.165, 1.54) is 6.07 Å². The van der Waals surface area contributed by atoms with E-state index in [-0.39, 0.29) is 11.3 Å². The van der Waals surface area contributed by atoms with E-state index in [0.29, 0.717) is 11.3 Å². The van der Waals surface area contributed by atoms with Crippen LogP contribution in [0.15, 0.2) is 17.1 Å². The van der Waals surface area contributed by atoms with Crippen LogP contribution < -0.4 is 0 Å². The largest absolute Gasteiger partial charge is 0.506 e. The second kappa shape index (κ2) is 4.13. The van der Waals surface area contributed by atoms with Crippen LogP contribution in [-0.2, 0) is 0 Å². The van der Waals surface area contributed by atoms with Crippen LogP contribution in [0.2, 0.25) is 0 Å². The van der Waals surface area contributed by atoms with E-state index < -0.39 is 5.97 Å². The fourth-order valence-electron chi connectivity index (χ4n) is 1.34. The number of aromatic hydroxyl groups is 1. The molecule has 80 valence electrons. The van der Waals surface area contributed by atoms with Crippen LogP contribution >= 0.6 is 0 Å². The average Bonchev–Trinajstić information content (AvgIpc) is 2.19. The number of phenols is 1. The number of hydrogen-bond donors (Lipinski definition) is 2. The topological polar surface area (TPSA) is 69.9 Å². The van der Waals surface area contributed by atoms with Gasteiger partial charge in [-0.05, 0) is 31.5 Å². The second-order valence-electron chi connectivity index (χ2n) is 3.32. The Morgan fingerprint density at radius 1 is 1.33 bits per heavy atom. The van der Waals surface area contributed by atoms with Gasteiger partial charge in [0.2, 0.25) is 0 Å². The normalized spacial score (nSPS) is 11.5. The van der Waals surface area contributed by atoms with E-state index in [9.17, 15) is 9.90 Å². The Hall–Kier alpha value is -1.84. The summed E-state index contributed by atoms with van der Waals surface area (Å²) in [6, 6.07) is 3.15. The summed E-state index contributed by atoms with van der Waals surface area (Å²) in [5, 5.41) is 18.6. The zero-order valence-electron chi connectivity index (χ0n) is 8.90. The number of carboxylic acid groups (broad SMARTS) is 1. The molecule has 0 bridgehead atoms. The molecule has 0 spiro atoms. The Bertz CT molecular complexity index is 436. The summed E-state index contributed by atoms with van der Waals surface area (Å²) in [5.74, 6) is -1.36. The van der Waals surface area contributed by atoms with E-state index in [0.717, 1.165) is 5.56 Å². The summed E-state index contributed by atoms with van der Waals surface area (Å²) in [7, 11) is 1.59. The van der Waals surface area contributed by atoms with Gasteiger partial charge in [-0.1, -0.05) is 0 Å². The van der Waals surface area contributed by atoms with Gasteiger partial charge >= 0.3 is 5.97 Å². The van der Waals surface area contributed by atoms with E-state index in [2.05, 4.69) is 4.99 Å². The minimum absolute atomic E-state index is 0.0898. The molecule has 4 nitrogen and oxygen atoms in total. The fraction of sp³-hybridized carbons (Fsp3) is 0.273. The zero-order chi connectivity index (χ0) is 11.6. The Kier molecular flexibility index (Phi) is 3.09. The molecule has 0 saturated carbocycles. The number of aromatic carboxylic acids is 1. The summed E-state index contributed by atoms with van der Waals surface area (Å²) in [6.07, 6.45) is 0. The van der Waals surface area contributed by atoms with Crippen molar-refractivity contribution in [2.45, 2.75) is 13.8 Å². The Morgan fingerprint density at radius 2 is 1.87 bits per heavy atom. The van der Waals surface area contributed by atoms with E-state index in [4.69, 9.17) is 5.11 Å². The van der Waals surface area contributed by atoms with Crippen molar-refractivity contribution in [2.24, 2.45) is 4.99 Å². The molecule has 0 fully saturated rings. The molecule has 0 aliphatic rings. The molecule has 15 heavy (non-hydrogen) atoms. The fourth-order valence-corrected chi connectivity index (χ4v) is 1.34. The summed E-state index contributed by atoms with van der Waals surface area (Å²) in [5.41, 5.74) is 1.77. The van der Waals surface area contributed by atoms with Gasteiger partial charge in [0, 0.05) is 18.3 Å². The van der Waals surface area contributed by atoms with Crippen LogP contribution in [-0.4, -0.2) is 28.9 Å². The Morgan fingerprint density at radius 3 is 2.33 bits per heavy atom. The third kappa shape index (κ3) is 2.15. The lowest BCUT2D eigenvalue weighted by molar-refractivity contribution is 0.0693. The Labute approximate surface area is 87.9 Å². The van der Waals surface area contributed by atoms with E-state index in [1.807, 2.05) is 0 Å². The van der Waals surface area contributed by atoms with Crippen molar-refractivity contribution in [2.75, 3.05) is 7.05 Å². The number of benzene rings is 1. The molecule has 1 aromatic carbocycles. The average molecular weight is 207 g/mol. The number of carboxylic acids is 1. The van der Waals surface area contributed by atoms with Gasteiger partial charge in [-0.15, -0.1) is 0 Å². The number of carbonyl (C=O) groups is 1. The molecule has 0 heterocycles. The highest BCUT2D eigenvalue weighted by molar-refractivity contribution is 6.04. The standard InChI is InChI=1S/C11H13NO3/c1-6-4-8(7(2)12-3)10(13)9(5-6)11(14)15/h4-5,13H,1-3H3,(H,14,15)/b12-7+. The highest BCUT2D eigenvalue weighted by atomic mass is 16.4. The summed E-state index contributed by atoms with van der Waals surface area (Å²) < 4.78 is 0. The molecule has 1 rings (SSSR count). The van der Waals surface area contributed by atoms with Gasteiger partial charge in [-0.2, -0.15) is 0 Å². The van der Waals surface area contributed by atoms with Crippen LogP contribution in [0.3, 0.4) is 0 Å². The highest BCUT2D eigenvalue weighted by Gasteiger charge is 2.15. The predicted molar refractivity (Wildman–Crippen MR) is 57.9 cm³/mol. The van der Waals surface area contributed by atoms with Crippen LogP contribution in [0, 0.1) is 6.92 Å². The number of nitrogens with zero attached hydrogens (tertiary/aromatic N) is 1. The molecule has 0 radical (unpaired) electrons. The van der Waals surface area contributed by atoms with Crippen LogP contribution in [0.5, 0.6) is 5.75 Å². The predicted octanol–water partition coefficient (Wildman–Crippen LogP) is 1.84. The first-order valence-electron chi connectivity index (χ1n) is 4.48. The van der Waals surface area contributed by atoms with Crippen molar-refractivity contribution < 1.29 is 15.0 Å². The molecule has 1 aromatic rings. The first kappa shape index (κ1) is 11.2. The van der Waals surface area contributed by atoms with Crippen molar-refractivity contribution in [1.82, 2.24) is 0 Å². The van der Waals surface area contributed by atoms with Crippen LogP contribution in [0.4, 0.5) is 0 Å². The van der Waals surface area contributed by atoms with Gasteiger partial charge in [0.05, 0.1) is 0 Å². The molecule has 0 amide bonds. The van der Waals surface area contributed by atoms with E-state index >= 15 is 0 Å². The molecule has 0 aliphatic heterocycles. The van der Waals surface area contributed by atoms with Gasteiger partial charge in [-0.3, -0.25) is 4.99 Å². The quantitative estimate of drug-likeness (QED) is 0.727. The van der Waals surface area contributed by atoms with Gasteiger partial charge < -0.3 is 10.2 Å². The molecule has 0 unspecified atom stereocenters. The van der Waals surface area contributed by atoms with Crippen molar-refractivity contribution in [3.05, 3.63) is 28.8 Å². The van der Waals surface area contributed by atoms with Crippen molar-refractivity contribution in [3.8, 4) is 5.75 Å². The molecule has 0 atom stereocenters. The molecular weight excluding hydrogens is 194 g/mol. The Balaban J connectivity index is 3.48. The number of hydrogen-bond acceptors (Lipinski definition) is 3. The third-order valence-corrected chi connectivity index (χ3v) is 2.21. The first-order chi connectivity index (χ1) is 6.97. The van der Waals surface area contributed by atoms with Crippen LogP contribution in [0.1, 0.15) is 28.4 Å². The lowest BCUT2D eigenvalue weighted by atomic mass is 10.0. The minimum atomic E-state index is -1.14. The molecule has 2 N–H and O–H groups in total. The lowest BCUT2D eigenvalue weighted by Crippen LogP contribution is -2.03. The molecule has 4 heteroatoms. The van der Waals surface area contributed by atoms with Gasteiger partial charge in [0.1, 0.15) is 11.3 Å². The maximum absolute atomic E-state index is 10.8. The second-order valence-corrected chi connectivity index (χ2v) is 3.32. The van der Waals surface area contributed by atoms with Gasteiger partial charge in [0.15, 0.2) is 0 Å². The maximum Gasteiger partial charge on any atom is 0.339 e. The van der Waals surface area contributed by atoms with Crippen molar-refractivity contribution in [3.63, 3.8) is 0 Å². The number of rotatable bonds is 2. The van der Waals surface area contributed by atoms with Crippen molar-refractivity contribution in [1.29, 1.82) is 0 Å². The van der Waals surface area contributed by atoms with Crippen molar-refractivity contribution >= 4 is 11.7 Å². The molecule has 0 aliphatic carbocycles. The maximum atomic E-state index is 10.8. The van der Waals surface area contributed by atoms with Gasteiger partial charge in [-0.25, -0.2) is 4.79 Å². The summed E-state index contributed by atoms with van der Waals surface area (Å²) in [4.78, 5) is 14.8. The van der Waals surface area contributed by atoms with Gasteiger partial charge in [0.25, 0.3) is 0 Å². The van der Waals surface area contributed by atoms with Crippen LogP contribution in [0.25, 0.3) is 0 Å². The number of aliphatic imine (C=N–C) groups is 1. The minimum Gasteiger partial charge on any atom is -0.506 e. The smallest absolute Gasteiger partial charge is 0.339 e. The zero-order valence-corrected chi connectivity index (χ0v) is 8.90. The summed E-state index contributed by atoms with van der Waals surface area (Å²) in [6.45, 7) is 3.50. The molecule has 0 saturated heterocycles. The number of aryl methyl sites for hydroxylation is 1. The SMILES string of the molecule is C/N=C(\C)c1cc(C)cc(C(=O)O)c1O. The first-order valence-corrected chi connectivity index (χ1v) is 4.48. The third-order valence-electron chi connectivity index (χ3n) is 2.21. The van der Waals surface area contributed by atoms with E-state index in [1.54, 1.807) is 27.0 Å². The summed E-state index contributed by atoms with van der Waals surface area (Å²) >= 11 is 0. The highest BCUT2D eigenvalue weighted by Crippen LogP contribution is 2.25. The molecular formula is C11H13NO3. The lowest BCUT2D eigenvalue weighted by Gasteiger charge is -2.08. The monoisotopic (exact) mass is 207 g/mol. The molecule has 0 aromatic heterocycles.